The van der Waals surface area contributed by atoms with Crippen LogP contribution >= 0.6 is 33.9 Å². The molecule has 14 heavy (non-hydrogen) atoms. The summed E-state index contributed by atoms with van der Waals surface area (Å²) in [6.45, 7) is 0. The van der Waals surface area contributed by atoms with Gasteiger partial charge in [-0.3, -0.25) is 0 Å². The topological polar surface area (TPSA) is 44.0 Å². The van der Waals surface area contributed by atoms with E-state index >= 15 is 0 Å². The lowest BCUT2D eigenvalue weighted by molar-refractivity contribution is 0.472. The largest absolute Gasteiger partial charge is 0.507 e. The summed E-state index contributed by atoms with van der Waals surface area (Å²) in [6, 6.07) is 5.76. The molecule has 2 nitrogen and oxygen atoms in total. The molecular weight excluding hydrogens is 309 g/mol. The van der Waals surface area contributed by atoms with Gasteiger partial charge in [-0.25, -0.2) is 0 Å². The molecule has 1 aromatic heterocycles. The lowest BCUT2D eigenvalue weighted by Crippen LogP contribution is -1.84. The third-order valence-electron chi connectivity index (χ3n) is 2.00. The first-order valence-corrected chi connectivity index (χ1v) is 5.94. The van der Waals surface area contributed by atoms with Crippen molar-refractivity contribution in [3.05, 3.63) is 26.6 Å². The average molecular weight is 315 g/mol. The molecule has 0 spiro atoms. The molecule has 1 N–H and O–H groups in total. The summed E-state index contributed by atoms with van der Waals surface area (Å²) in [5.41, 5.74) is 0.912. The number of benzene rings is 1. The summed E-state index contributed by atoms with van der Waals surface area (Å²) >= 11 is 3.73. The van der Waals surface area contributed by atoms with E-state index in [0.29, 0.717) is 6.42 Å². The molecular formula is C10H6INOS. The molecule has 2 aromatic rings. The number of phenolic OH excluding ortho intramolecular Hbond substituents is 1. The second-order valence-corrected chi connectivity index (χ2v) is 4.86. The van der Waals surface area contributed by atoms with Gasteiger partial charge in [0.15, 0.2) is 0 Å². The first kappa shape index (κ1) is 9.74. The summed E-state index contributed by atoms with van der Waals surface area (Å²) in [5.74, 6) is 0.266. The third-order valence-corrected chi connectivity index (χ3v) is 4.12. The molecule has 0 fully saturated rings. The maximum atomic E-state index is 9.63. The Bertz CT molecular complexity index is 527. The maximum absolute atomic E-state index is 9.63. The number of nitriles is 1. The zero-order chi connectivity index (χ0) is 10.1. The molecule has 4 heteroatoms. The number of fused-ring (bicyclic) bond motifs is 1. The number of phenols is 1. The molecule has 0 aliphatic rings. The van der Waals surface area contributed by atoms with Gasteiger partial charge in [0.1, 0.15) is 5.75 Å². The van der Waals surface area contributed by atoms with Crippen molar-refractivity contribution in [1.29, 1.82) is 5.26 Å². The van der Waals surface area contributed by atoms with Gasteiger partial charge in [-0.15, -0.1) is 11.3 Å². The second kappa shape index (κ2) is 3.75. The van der Waals surface area contributed by atoms with E-state index in [-0.39, 0.29) is 5.75 Å². The van der Waals surface area contributed by atoms with Crippen LogP contribution in [-0.2, 0) is 6.42 Å². The van der Waals surface area contributed by atoms with Crippen LogP contribution in [0.25, 0.3) is 10.1 Å². The quantitative estimate of drug-likeness (QED) is 0.821. The van der Waals surface area contributed by atoms with Crippen molar-refractivity contribution < 1.29 is 5.11 Å². The Morgan fingerprint density at radius 2 is 2.36 bits per heavy atom. The van der Waals surface area contributed by atoms with Crippen molar-refractivity contribution in [3.63, 3.8) is 0 Å². The van der Waals surface area contributed by atoms with E-state index in [0.717, 1.165) is 19.2 Å². The van der Waals surface area contributed by atoms with E-state index in [4.69, 9.17) is 5.26 Å². The normalized spacial score (nSPS) is 10.3. The molecule has 2 rings (SSSR count). The van der Waals surface area contributed by atoms with E-state index in [1.165, 1.54) is 0 Å². The highest BCUT2D eigenvalue weighted by Gasteiger charge is 2.10. The Labute approximate surface area is 98.9 Å². The summed E-state index contributed by atoms with van der Waals surface area (Å²) in [4.78, 5) is 0. The molecule has 0 saturated heterocycles. The molecule has 1 aromatic carbocycles. The molecule has 0 amide bonds. The van der Waals surface area contributed by atoms with Crippen LogP contribution in [0.4, 0.5) is 0 Å². The van der Waals surface area contributed by atoms with E-state index in [1.54, 1.807) is 17.4 Å². The van der Waals surface area contributed by atoms with Crippen LogP contribution in [0, 0.1) is 14.9 Å². The predicted octanol–water partition coefficient (Wildman–Crippen LogP) is 3.28. The zero-order valence-electron chi connectivity index (χ0n) is 7.12. The molecule has 0 radical (unpaired) electrons. The fourth-order valence-corrected chi connectivity index (χ4v) is 3.09. The van der Waals surface area contributed by atoms with Crippen LogP contribution in [0.2, 0.25) is 0 Å². The Hall–Kier alpha value is -0.800. The number of aromatic hydroxyl groups is 1. The van der Waals surface area contributed by atoms with E-state index in [2.05, 4.69) is 28.7 Å². The highest BCUT2D eigenvalue weighted by atomic mass is 127. The summed E-state index contributed by atoms with van der Waals surface area (Å²) < 4.78 is 1.97. The highest BCUT2D eigenvalue weighted by Crippen LogP contribution is 2.35. The van der Waals surface area contributed by atoms with Crippen molar-refractivity contribution in [3.8, 4) is 11.8 Å². The summed E-state index contributed by atoms with van der Waals surface area (Å²) in [7, 11) is 0. The van der Waals surface area contributed by atoms with Crippen molar-refractivity contribution in [1.82, 2.24) is 0 Å². The van der Waals surface area contributed by atoms with Crippen LogP contribution in [0.1, 0.15) is 5.56 Å². The van der Waals surface area contributed by atoms with E-state index in [1.807, 2.05) is 11.4 Å². The number of nitrogens with zero attached hydrogens (tertiary/aromatic N) is 1. The minimum absolute atomic E-state index is 0.266. The Morgan fingerprint density at radius 1 is 1.57 bits per heavy atom. The lowest BCUT2D eigenvalue weighted by atomic mass is 10.1. The van der Waals surface area contributed by atoms with Crippen molar-refractivity contribution in [2.75, 3.05) is 0 Å². The Kier molecular flexibility index (Phi) is 2.61. The lowest BCUT2D eigenvalue weighted by Gasteiger charge is -2.02. The maximum Gasteiger partial charge on any atom is 0.129 e. The van der Waals surface area contributed by atoms with Crippen molar-refractivity contribution in [2.24, 2.45) is 0 Å². The number of thiophene rings is 1. The molecule has 0 bridgehead atoms. The van der Waals surface area contributed by atoms with Gasteiger partial charge < -0.3 is 5.11 Å². The van der Waals surface area contributed by atoms with Gasteiger partial charge in [0.05, 0.1) is 16.1 Å². The van der Waals surface area contributed by atoms with Gasteiger partial charge in [-0.05, 0) is 45.7 Å². The van der Waals surface area contributed by atoms with Crippen LogP contribution in [0.5, 0.6) is 5.75 Å². The molecule has 0 unspecified atom stereocenters. The number of hydrogen-bond donors (Lipinski definition) is 1. The van der Waals surface area contributed by atoms with Crippen molar-refractivity contribution in [2.45, 2.75) is 6.42 Å². The van der Waals surface area contributed by atoms with E-state index in [9.17, 15) is 5.11 Å². The predicted molar refractivity (Wildman–Crippen MR) is 65.5 cm³/mol. The van der Waals surface area contributed by atoms with Gasteiger partial charge >= 0.3 is 0 Å². The van der Waals surface area contributed by atoms with Crippen LogP contribution in [0.3, 0.4) is 0 Å². The van der Waals surface area contributed by atoms with Gasteiger partial charge in [-0.2, -0.15) is 5.26 Å². The molecule has 70 valence electrons. The van der Waals surface area contributed by atoms with Crippen LogP contribution in [0.15, 0.2) is 17.5 Å². The zero-order valence-corrected chi connectivity index (χ0v) is 10.1. The van der Waals surface area contributed by atoms with E-state index < -0.39 is 0 Å². The Morgan fingerprint density at radius 3 is 3.07 bits per heavy atom. The second-order valence-electron chi connectivity index (χ2n) is 2.87. The van der Waals surface area contributed by atoms with Gasteiger partial charge in [0.2, 0.25) is 0 Å². The van der Waals surface area contributed by atoms with Crippen molar-refractivity contribution >= 4 is 44.0 Å². The molecule has 1 heterocycles. The third kappa shape index (κ3) is 1.47. The van der Waals surface area contributed by atoms with Gasteiger partial charge in [0, 0.05) is 10.1 Å². The van der Waals surface area contributed by atoms with Gasteiger partial charge in [0.25, 0.3) is 0 Å². The van der Waals surface area contributed by atoms with Crippen LogP contribution in [-0.4, -0.2) is 5.11 Å². The fourth-order valence-electron chi connectivity index (χ4n) is 1.38. The first-order chi connectivity index (χ1) is 6.74. The number of hydrogen-bond acceptors (Lipinski definition) is 3. The van der Waals surface area contributed by atoms with Gasteiger partial charge in [-0.1, -0.05) is 0 Å². The minimum atomic E-state index is 0.266. The molecule has 0 aliphatic heterocycles. The number of halogens is 1. The standard InChI is InChI=1S/C10H6INOS/c11-9-7-2-4-14-10(7)6(1-3-12)5-8(9)13/h2,4-5,13H,1H2. The molecule has 0 atom stereocenters. The molecule has 0 aliphatic carbocycles. The fraction of sp³-hybridized carbons (Fsp3) is 0.100. The SMILES string of the molecule is N#CCc1cc(O)c(I)c2ccsc12. The summed E-state index contributed by atoms with van der Waals surface area (Å²) in [5, 5.41) is 21.3. The molecule has 0 saturated carbocycles. The average Bonchev–Trinajstić information content (AvgIpc) is 2.63. The smallest absolute Gasteiger partial charge is 0.129 e. The first-order valence-electron chi connectivity index (χ1n) is 3.98. The number of rotatable bonds is 1. The Balaban J connectivity index is 2.79. The summed E-state index contributed by atoms with van der Waals surface area (Å²) in [6.07, 6.45) is 0.349. The highest BCUT2D eigenvalue weighted by molar-refractivity contribution is 14.1. The minimum Gasteiger partial charge on any atom is -0.507 e. The monoisotopic (exact) mass is 315 g/mol. The van der Waals surface area contributed by atoms with Crippen LogP contribution < -0.4 is 0 Å².